The highest BCUT2D eigenvalue weighted by Crippen LogP contribution is 2.24. The Hall–Kier alpha value is -1.13. The molecular weight excluding hydrogens is 267 g/mol. The first-order valence-electron chi connectivity index (χ1n) is 6.49. The lowest BCUT2D eigenvalue weighted by molar-refractivity contribution is 0.0622. The van der Waals surface area contributed by atoms with Crippen LogP contribution in [-0.2, 0) is 0 Å². The summed E-state index contributed by atoms with van der Waals surface area (Å²) in [5.41, 5.74) is -0.0234. The Morgan fingerprint density at radius 3 is 2.79 bits per heavy atom. The van der Waals surface area contributed by atoms with Gasteiger partial charge in [-0.05, 0) is 38.9 Å². The third-order valence-electron chi connectivity index (χ3n) is 3.40. The van der Waals surface area contributed by atoms with Gasteiger partial charge in [0.05, 0.1) is 10.6 Å². The Labute approximate surface area is 117 Å². The molecule has 2 rings (SSSR count). The molecule has 0 spiro atoms. The molecule has 1 aliphatic rings. The van der Waals surface area contributed by atoms with E-state index in [2.05, 4.69) is 5.32 Å². The minimum atomic E-state index is -0.561. The third-order valence-corrected chi connectivity index (χ3v) is 3.71. The second-order valence-electron chi connectivity index (χ2n) is 5.05. The molecule has 0 aromatic heterocycles. The van der Waals surface area contributed by atoms with Crippen molar-refractivity contribution in [2.24, 2.45) is 0 Å². The predicted molar refractivity (Wildman–Crippen MR) is 74.0 cm³/mol. The number of nitrogens with zero attached hydrogens (tertiary/aromatic N) is 1. The van der Waals surface area contributed by atoms with E-state index in [0.29, 0.717) is 0 Å². The first kappa shape index (κ1) is 14.3. The van der Waals surface area contributed by atoms with Gasteiger partial charge >= 0.3 is 0 Å². The maximum atomic E-state index is 13.9. The average Bonchev–Trinajstić information content (AvgIpc) is 2.82. The summed E-state index contributed by atoms with van der Waals surface area (Å²) in [5, 5.41) is 3.39. The van der Waals surface area contributed by atoms with Crippen molar-refractivity contribution in [3.63, 3.8) is 0 Å². The van der Waals surface area contributed by atoms with Crippen molar-refractivity contribution in [3.05, 3.63) is 34.6 Å². The Kier molecular flexibility index (Phi) is 4.42. The molecule has 1 aromatic rings. The molecule has 1 fully saturated rings. The van der Waals surface area contributed by atoms with E-state index in [-0.39, 0.29) is 28.6 Å². The number of hydrogen-bond acceptors (Lipinski definition) is 2. The van der Waals surface area contributed by atoms with Crippen LogP contribution in [0.2, 0.25) is 5.02 Å². The molecule has 1 unspecified atom stereocenters. The number of nitrogens with one attached hydrogen (secondary N) is 1. The Morgan fingerprint density at radius 2 is 2.26 bits per heavy atom. The Balaban J connectivity index is 2.34. The largest absolute Gasteiger partial charge is 0.332 e. The fourth-order valence-corrected chi connectivity index (χ4v) is 2.77. The lowest BCUT2D eigenvalue weighted by atomic mass is 10.1. The minimum Gasteiger partial charge on any atom is -0.332 e. The second kappa shape index (κ2) is 5.88. The molecule has 1 heterocycles. The molecule has 0 saturated carbocycles. The van der Waals surface area contributed by atoms with E-state index in [1.165, 1.54) is 12.1 Å². The lowest BCUT2D eigenvalue weighted by Gasteiger charge is -2.32. The van der Waals surface area contributed by atoms with Crippen LogP contribution in [0.5, 0.6) is 0 Å². The van der Waals surface area contributed by atoms with Gasteiger partial charge in [0.15, 0.2) is 0 Å². The van der Waals surface area contributed by atoms with E-state index in [0.717, 1.165) is 19.5 Å². The summed E-state index contributed by atoms with van der Waals surface area (Å²) in [5.74, 6) is -0.888. The van der Waals surface area contributed by atoms with E-state index >= 15 is 0 Å². The number of hydrogen-bond donors (Lipinski definition) is 1. The molecule has 1 saturated heterocycles. The molecule has 3 nitrogen and oxygen atoms in total. The van der Waals surface area contributed by atoms with Gasteiger partial charge in [0.1, 0.15) is 5.82 Å². The fourth-order valence-electron chi connectivity index (χ4n) is 2.53. The van der Waals surface area contributed by atoms with Crippen LogP contribution >= 0.6 is 11.6 Å². The van der Waals surface area contributed by atoms with E-state index in [1.54, 1.807) is 11.0 Å². The molecular formula is C14H18ClFN2O. The smallest absolute Gasteiger partial charge is 0.258 e. The van der Waals surface area contributed by atoms with Crippen LogP contribution < -0.4 is 5.32 Å². The van der Waals surface area contributed by atoms with Gasteiger partial charge in [0, 0.05) is 18.6 Å². The van der Waals surface area contributed by atoms with Gasteiger partial charge in [-0.15, -0.1) is 0 Å². The van der Waals surface area contributed by atoms with Gasteiger partial charge in [0.25, 0.3) is 5.91 Å². The van der Waals surface area contributed by atoms with Crippen LogP contribution in [0.25, 0.3) is 0 Å². The molecule has 1 N–H and O–H groups in total. The van der Waals surface area contributed by atoms with Crippen LogP contribution in [-0.4, -0.2) is 36.0 Å². The molecule has 1 amide bonds. The molecule has 1 atom stereocenters. The quantitative estimate of drug-likeness (QED) is 0.926. The average molecular weight is 285 g/mol. The Morgan fingerprint density at radius 1 is 1.53 bits per heavy atom. The minimum absolute atomic E-state index is 0.00747. The number of amides is 1. The molecule has 5 heteroatoms. The fraction of sp³-hybridized carbons (Fsp3) is 0.500. The number of rotatable bonds is 3. The molecule has 1 aliphatic heterocycles. The molecule has 0 bridgehead atoms. The molecule has 104 valence electrons. The Bertz CT molecular complexity index is 452. The third kappa shape index (κ3) is 2.90. The van der Waals surface area contributed by atoms with Crippen molar-refractivity contribution in [1.29, 1.82) is 0 Å². The van der Waals surface area contributed by atoms with Crippen LogP contribution in [0.1, 0.15) is 30.6 Å². The number of benzene rings is 1. The maximum Gasteiger partial charge on any atom is 0.258 e. The van der Waals surface area contributed by atoms with Gasteiger partial charge in [-0.2, -0.15) is 0 Å². The van der Waals surface area contributed by atoms with E-state index < -0.39 is 5.82 Å². The number of carbonyl (C=O) groups excluding carboxylic acids is 1. The highest BCUT2D eigenvalue weighted by Gasteiger charge is 2.31. The van der Waals surface area contributed by atoms with Gasteiger partial charge in [0.2, 0.25) is 0 Å². The zero-order chi connectivity index (χ0) is 14.0. The summed E-state index contributed by atoms with van der Waals surface area (Å²) in [6.07, 6.45) is 0.885. The van der Waals surface area contributed by atoms with Crippen LogP contribution in [0.4, 0.5) is 4.39 Å². The summed E-state index contributed by atoms with van der Waals surface area (Å²) in [6.45, 7) is 5.50. The van der Waals surface area contributed by atoms with Crippen molar-refractivity contribution >= 4 is 17.5 Å². The number of carbonyl (C=O) groups is 1. The SMILES string of the molecule is CC(C)N(C(=O)c1c(F)cccc1Cl)C1CCNC1. The van der Waals surface area contributed by atoms with Crippen LogP contribution in [0.3, 0.4) is 0 Å². The predicted octanol–water partition coefficient (Wildman–Crippen LogP) is 2.69. The zero-order valence-electron chi connectivity index (χ0n) is 11.1. The number of halogens is 2. The van der Waals surface area contributed by atoms with Crippen molar-refractivity contribution in [2.75, 3.05) is 13.1 Å². The summed E-state index contributed by atoms with van der Waals surface area (Å²) in [6, 6.07) is 4.43. The van der Waals surface area contributed by atoms with Crippen LogP contribution in [0.15, 0.2) is 18.2 Å². The van der Waals surface area contributed by atoms with E-state index in [9.17, 15) is 9.18 Å². The highest BCUT2D eigenvalue weighted by atomic mass is 35.5. The van der Waals surface area contributed by atoms with E-state index in [4.69, 9.17) is 11.6 Å². The maximum absolute atomic E-state index is 13.9. The van der Waals surface area contributed by atoms with E-state index in [1.807, 2.05) is 13.8 Å². The molecule has 1 aromatic carbocycles. The van der Waals surface area contributed by atoms with Gasteiger partial charge < -0.3 is 10.2 Å². The van der Waals surface area contributed by atoms with Gasteiger partial charge in [-0.3, -0.25) is 4.79 Å². The van der Waals surface area contributed by atoms with Crippen molar-refractivity contribution in [3.8, 4) is 0 Å². The summed E-state index contributed by atoms with van der Waals surface area (Å²) >= 11 is 5.98. The van der Waals surface area contributed by atoms with Gasteiger partial charge in [-0.1, -0.05) is 17.7 Å². The topological polar surface area (TPSA) is 32.3 Å². The monoisotopic (exact) mass is 284 g/mol. The standard InChI is InChI=1S/C14H18ClFN2O/c1-9(2)18(10-6-7-17-8-10)14(19)13-11(15)4-3-5-12(13)16/h3-5,9-10,17H,6-8H2,1-2H3. The summed E-state index contributed by atoms with van der Waals surface area (Å²) < 4.78 is 13.9. The van der Waals surface area contributed by atoms with Crippen molar-refractivity contribution in [1.82, 2.24) is 10.2 Å². The molecule has 0 aliphatic carbocycles. The summed E-state index contributed by atoms with van der Waals surface area (Å²) in [4.78, 5) is 14.3. The molecule has 0 radical (unpaired) electrons. The first-order valence-corrected chi connectivity index (χ1v) is 6.87. The van der Waals surface area contributed by atoms with Crippen LogP contribution in [0, 0.1) is 5.82 Å². The highest BCUT2D eigenvalue weighted by molar-refractivity contribution is 6.33. The van der Waals surface area contributed by atoms with Crippen molar-refractivity contribution < 1.29 is 9.18 Å². The molecule has 19 heavy (non-hydrogen) atoms. The zero-order valence-corrected chi connectivity index (χ0v) is 11.9. The summed E-state index contributed by atoms with van der Waals surface area (Å²) in [7, 11) is 0. The second-order valence-corrected chi connectivity index (χ2v) is 5.46. The van der Waals surface area contributed by atoms with Gasteiger partial charge in [-0.25, -0.2) is 4.39 Å². The lowest BCUT2D eigenvalue weighted by Crippen LogP contribution is -2.46. The first-order chi connectivity index (χ1) is 9.02. The normalized spacial score (nSPS) is 18.9. The van der Waals surface area contributed by atoms with Crippen molar-refractivity contribution in [2.45, 2.75) is 32.4 Å².